The van der Waals surface area contributed by atoms with Crippen LogP contribution in [0.15, 0.2) is 54.6 Å². The molecule has 158 valence electrons. The van der Waals surface area contributed by atoms with Crippen LogP contribution in [0.2, 0.25) is 15.1 Å². The molecule has 3 nitrogen and oxygen atoms in total. The second-order valence-corrected chi connectivity index (χ2v) is 7.72. The Balaban J connectivity index is 1.94. The zero-order valence-corrected chi connectivity index (χ0v) is 18.7. The van der Waals surface area contributed by atoms with Crippen LogP contribution in [0.5, 0.6) is 11.5 Å². The van der Waals surface area contributed by atoms with Crippen LogP contribution < -0.4 is 9.47 Å². The van der Waals surface area contributed by atoms with Crippen LogP contribution in [0.1, 0.15) is 23.6 Å². The van der Waals surface area contributed by atoms with Crippen LogP contribution >= 0.6 is 34.8 Å². The fourth-order valence-electron chi connectivity index (χ4n) is 2.86. The van der Waals surface area contributed by atoms with Gasteiger partial charge in [0, 0.05) is 10.6 Å². The highest BCUT2D eigenvalue weighted by Crippen LogP contribution is 2.38. The zero-order valence-electron chi connectivity index (χ0n) is 16.5. The maximum Gasteiger partial charge on any atom is 0.180 e. The number of benzene rings is 3. The van der Waals surface area contributed by atoms with Gasteiger partial charge in [-0.3, -0.25) is 0 Å². The van der Waals surface area contributed by atoms with E-state index in [-0.39, 0.29) is 12.4 Å². The van der Waals surface area contributed by atoms with Crippen molar-refractivity contribution in [2.24, 2.45) is 0 Å². The number of hydrogen-bond acceptors (Lipinski definition) is 3. The monoisotopic (exact) mass is 475 g/mol. The average molecular weight is 477 g/mol. The second kappa shape index (κ2) is 10.5. The molecule has 0 radical (unpaired) electrons. The second-order valence-electron chi connectivity index (χ2n) is 6.47. The third kappa shape index (κ3) is 5.92. The lowest BCUT2D eigenvalue weighted by atomic mass is 10.0. The fraction of sp³-hybridized carbons (Fsp3) is 0.125. The van der Waals surface area contributed by atoms with Gasteiger partial charge in [0.05, 0.1) is 28.3 Å². The fourth-order valence-corrected chi connectivity index (χ4v) is 3.64. The summed E-state index contributed by atoms with van der Waals surface area (Å²) in [5.41, 5.74) is 2.33. The molecule has 3 aromatic carbocycles. The molecule has 0 saturated heterocycles. The summed E-state index contributed by atoms with van der Waals surface area (Å²) in [6, 6.07) is 16.5. The molecule has 0 aromatic heterocycles. The molecule has 0 bridgehead atoms. The van der Waals surface area contributed by atoms with Gasteiger partial charge >= 0.3 is 0 Å². The largest absolute Gasteiger partial charge is 0.490 e. The first kappa shape index (κ1) is 23.0. The van der Waals surface area contributed by atoms with E-state index < -0.39 is 0 Å². The molecule has 0 unspecified atom stereocenters. The third-order valence-electron chi connectivity index (χ3n) is 4.28. The lowest BCUT2D eigenvalue weighted by molar-refractivity contribution is 0.269. The molecule has 0 aliphatic heterocycles. The Morgan fingerprint density at radius 2 is 1.74 bits per heavy atom. The van der Waals surface area contributed by atoms with E-state index in [1.165, 1.54) is 12.1 Å². The first-order valence-corrected chi connectivity index (χ1v) is 10.5. The van der Waals surface area contributed by atoms with Crippen molar-refractivity contribution in [1.29, 1.82) is 5.26 Å². The van der Waals surface area contributed by atoms with Gasteiger partial charge < -0.3 is 9.47 Å². The number of rotatable bonds is 7. The maximum absolute atomic E-state index is 13.1. The highest BCUT2D eigenvalue weighted by molar-refractivity contribution is 6.36. The van der Waals surface area contributed by atoms with Crippen LogP contribution in [0.25, 0.3) is 11.6 Å². The molecule has 0 saturated carbocycles. The average Bonchev–Trinajstić information content (AvgIpc) is 2.73. The van der Waals surface area contributed by atoms with E-state index in [4.69, 9.17) is 44.3 Å². The van der Waals surface area contributed by atoms with Crippen LogP contribution in [-0.4, -0.2) is 6.61 Å². The molecular formula is C24H17Cl3FNO2. The summed E-state index contributed by atoms with van der Waals surface area (Å²) in [6.07, 6.45) is 1.66. The topological polar surface area (TPSA) is 42.2 Å². The number of nitriles is 1. The third-order valence-corrected chi connectivity index (χ3v) is 5.11. The lowest BCUT2D eigenvalue weighted by Gasteiger charge is -2.15. The van der Waals surface area contributed by atoms with E-state index >= 15 is 0 Å². The van der Waals surface area contributed by atoms with Crippen LogP contribution in [0, 0.1) is 17.1 Å². The SMILES string of the molecule is CCOc1cc(/C=C(\C#N)c2ccc(Cl)cc2Cl)cc(Cl)c1OCc1ccc(F)cc1. The van der Waals surface area contributed by atoms with Crippen molar-refractivity contribution in [3.8, 4) is 17.6 Å². The summed E-state index contributed by atoms with van der Waals surface area (Å²) in [6.45, 7) is 2.43. The van der Waals surface area contributed by atoms with Crippen LogP contribution in [0.3, 0.4) is 0 Å². The molecule has 0 aliphatic rings. The first-order chi connectivity index (χ1) is 14.9. The summed E-state index contributed by atoms with van der Waals surface area (Å²) in [5, 5.41) is 10.8. The normalized spacial score (nSPS) is 11.2. The van der Waals surface area contributed by atoms with Gasteiger partial charge in [0.1, 0.15) is 12.4 Å². The summed E-state index contributed by atoms with van der Waals surface area (Å²) >= 11 is 18.7. The summed E-state index contributed by atoms with van der Waals surface area (Å²) in [7, 11) is 0. The highest BCUT2D eigenvalue weighted by Gasteiger charge is 2.14. The summed E-state index contributed by atoms with van der Waals surface area (Å²) < 4.78 is 24.6. The zero-order chi connectivity index (χ0) is 22.4. The standard InChI is InChI=1S/C24H17Cl3FNO2/c1-2-30-23-11-16(9-17(13-29)20-8-5-18(25)12-21(20)26)10-22(27)24(23)31-14-15-3-6-19(28)7-4-15/h3-12H,2,14H2,1H3/b17-9+. The number of nitrogens with zero attached hydrogens (tertiary/aromatic N) is 1. The van der Waals surface area contributed by atoms with Crippen molar-refractivity contribution in [3.05, 3.63) is 92.2 Å². The van der Waals surface area contributed by atoms with Crippen molar-refractivity contribution < 1.29 is 13.9 Å². The van der Waals surface area contributed by atoms with Gasteiger partial charge in [-0.25, -0.2) is 4.39 Å². The maximum atomic E-state index is 13.1. The summed E-state index contributed by atoms with van der Waals surface area (Å²) in [4.78, 5) is 0. The minimum absolute atomic E-state index is 0.194. The molecule has 0 fully saturated rings. The van der Waals surface area contributed by atoms with E-state index in [0.717, 1.165) is 5.56 Å². The number of halogens is 4. The van der Waals surface area contributed by atoms with Crippen molar-refractivity contribution in [1.82, 2.24) is 0 Å². The van der Waals surface area contributed by atoms with E-state index in [2.05, 4.69) is 6.07 Å². The van der Waals surface area contributed by atoms with Gasteiger partial charge in [0.15, 0.2) is 11.5 Å². The van der Waals surface area contributed by atoms with Crippen molar-refractivity contribution in [2.45, 2.75) is 13.5 Å². The van der Waals surface area contributed by atoms with Gasteiger partial charge in [-0.1, -0.05) is 53.0 Å². The molecular weight excluding hydrogens is 460 g/mol. The van der Waals surface area contributed by atoms with Gasteiger partial charge in [0.25, 0.3) is 0 Å². The van der Waals surface area contributed by atoms with E-state index in [1.807, 2.05) is 6.92 Å². The van der Waals surface area contributed by atoms with Crippen molar-refractivity contribution in [3.63, 3.8) is 0 Å². The number of ether oxygens (including phenoxy) is 2. The first-order valence-electron chi connectivity index (χ1n) is 9.32. The lowest BCUT2D eigenvalue weighted by Crippen LogP contribution is -2.01. The Labute approximate surface area is 195 Å². The Morgan fingerprint density at radius 1 is 1.00 bits per heavy atom. The predicted molar refractivity (Wildman–Crippen MR) is 123 cm³/mol. The van der Waals surface area contributed by atoms with Gasteiger partial charge in [-0.15, -0.1) is 0 Å². The Hall–Kier alpha value is -2.71. The van der Waals surface area contributed by atoms with E-state index in [0.29, 0.717) is 49.9 Å². The molecule has 31 heavy (non-hydrogen) atoms. The van der Waals surface area contributed by atoms with Gasteiger partial charge in [-0.2, -0.15) is 5.26 Å². The van der Waals surface area contributed by atoms with E-state index in [9.17, 15) is 9.65 Å². The predicted octanol–water partition coefficient (Wildman–Crippen LogP) is 7.83. The molecule has 3 rings (SSSR count). The van der Waals surface area contributed by atoms with Gasteiger partial charge in [0.2, 0.25) is 0 Å². The number of hydrogen-bond donors (Lipinski definition) is 0. The quantitative estimate of drug-likeness (QED) is 0.258. The molecule has 0 spiro atoms. The van der Waals surface area contributed by atoms with Crippen LogP contribution in [-0.2, 0) is 6.61 Å². The number of allylic oxidation sites excluding steroid dienone is 1. The van der Waals surface area contributed by atoms with Crippen LogP contribution in [0.4, 0.5) is 4.39 Å². The smallest absolute Gasteiger partial charge is 0.180 e. The van der Waals surface area contributed by atoms with Crippen molar-refractivity contribution in [2.75, 3.05) is 6.61 Å². The Morgan fingerprint density at radius 3 is 2.39 bits per heavy atom. The summed E-state index contributed by atoms with van der Waals surface area (Å²) in [5.74, 6) is 0.484. The molecule has 3 aromatic rings. The van der Waals surface area contributed by atoms with Crippen molar-refractivity contribution >= 4 is 46.5 Å². The highest BCUT2D eigenvalue weighted by atomic mass is 35.5. The molecule has 0 atom stereocenters. The minimum Gasteiger partial charge on any atom is -0.490 e. The molecule has 0 aliphatic carbocycles. The molecule has 0 heterocycles. The van der Waals surface area contributed by atoms with E-state index in [1.54, 1.807) is 48.5 Å². The molecule has 7 heteroatoms. The molecule has 0 N–H and O–H groups in total. The van der Waals surface area contributed by atoms with Gasteiger partial charge in [-0.05, 0) is 60.5 Å². The molecule has 0 amide bonds. The Bertz CT molecular complexity index is 1150. The Kier molecular flexibility index (Phi) is 7.81. The minimum atomic E-state index is -0.318.